The molecule has 9 heteroatoms. The van der Waals surface area contributed by atoms with Crippen molar-refractivity contribution in [3.63, 3.8) is 0 Å². The van der Waals surface area contributed by atoms with Crippen LogP contribution in [0.2, 0.25) is 0 Å². The van der Waals surface area contributed by atoms with Crippen LogP contribution in [0, 0.1) is 0 Å². The van der Waals surface area contributed by atoms with Crippen LogP contribution in [0.25, 0.3) is 11.4 Å². The van der Waals surface area contributed by atoms with Gasteiger partial charge < -0.3 is 10.1 Å². The van der Waals surface area contributed by atoms with Crippen molar-refractivity contribution in [3.8, 4) is 11.4 Å². The Kier molecular flexibility index (Phi) is 6.64. The molecule has 3 aromatic rings. The van der Waals surface area contributed by atoms with Gasteiger partial charge in [0.1, 0.15) is 5.60 Å². The summed E-state index contributed by atoms with van der Waals surface area (Å²) in [5, 5.41) is 17.1. The van der Waals surface area contributed by atoms with Crippen molar-refractivity contribution in [2.24, 2.45) is 7.05 Å². The van der Waals surface area contributed by atoms with Crippen LogP contribution < -0.4 is 10.6 Å². The molecular formula is C22H26N6O3. The number of para-hydroxylation sites is 1. The SMILES string of the molecule is Cn1nnnc1-c1cccc(NC(=O)CCc2ccccc2NC(=O)OC(C)(C)C)c1. The molecule has 0 aliphatic heterocycles. The minimum Gasteiger partial charge on any atom is -0.444 e. The second-order valence-corrected chi connectivity index (χ2v) is 8.04. The molecule has 0 radical (unpaired) electrons. The molecule has 0 saturated heterocycles. The van der Waals surface area contributed by atoms with E-state index in [1.165, 1.54) is 0 Å². The number of hydrogen-bond donors (Lipinski definition) is 2. The Hall–Kier alpha value is -3.75. The van der Waals surface area contributed by atoms with E-state index in [1.54, 1.807) is 38.6 Å². The van der Waals surface area contributed by atoms with Crippen molar-refractivity contribution in [1.29, 1.82) is 0 Å². The third kappa shape index (κ3) is 6.36. The van der Waals surface area contributed by atoms with Gasteiger partial charge in [-0.1, -0.05) is 30.3 Å². The highest BCUT2D eigenvalue weighted by Crippen LogP contribution is 2.21. The highest BCUT2D eigenvalue weighted by molar-refractivity contribution is 5.92. The molecule has 3 rings (SSSR count). The molecule has 0 aliphatic carbocycles. The third-order valence-corrected chi connectivity index (χ3v) is 4.30. The van der Waals surface area contributed by atoms with Gasteiger partial charge in [0.2, 0.25) is 5.91 Å². The summed E-state index contributed by atoms with van der Waals surface area (Å²) >= 11 is 0. The number of nitrogens with one attached hydrogen (secondary N) is 2. The van der Waals surface area contributed by atoms with Gasteiger partial charge in [0, 0.05) is 30.4 Å². The van der Waals surface area contributed by atoms with Gasteiger partial charge in [-0.3, -0.25) is 10.1 Å². The summed E-state index contributed by atoms with van der Waals surface area (Å²) in [6, 6.07) is 14.7. The number of anilines is 2. The predicted octanol–water partition coefficient (Wildman–Crippen LogP) is 3.80. The monoisotopic (exact) mass is 422 g/mol. The lowest BCUT2D eigenvalue weighted by Crippen LogP contribution is -2.27. The van der Waals surface area contributed by atoms with E-state index < -0.39 is 11.7 Å². The van der Waals surface area contributed by atoms with Crippen LogP contribution >= 0.6 is 0 Å². The quantitative estimate of drug-likeness (QED) is 0.625. The number of aromatic nitrogens is 4. The predicted molar refractivity (Wildman–Crippen MR) is 117 cm³/mol. The topological polar surface area (TPSA) is 111 Å². The number of amides is 2. The molecule has 1 aromatic heterocycles. The first kappa shape index (κ1) is 21.9. The van der Waals surface area contributed by atoms with Gasteiger partial charge in [-0.2, -0.15) is 0 Å². The average Bonchev–Trinajstić information content (AvgIpc) is 3.12. The van der Waals surface area contributed by atoms with E-state index in [0.717, 1.165) is 11.1 Å². The molecule has 0 aliphatic rings. The molecule has 0 spiro atoms. The first-order valence-electron chi connectivity index (χ1n) is 9.92. The lowest BCUT2D eigenvalue weighted by molar-refractivity contribution is -0.116. The van der Waals surface area contributed by atoms with E-state index in [2.05, 4.69) is 26.2 Å². The lowest BCUT2D eigenvalue weighted by Gasteiger charge is -2.20. The van der Waals surface area contributed by atoms with Crippen LogP contribution in [0.15, 0.2) is 48.5 Å². The fourth-order valence-corrected chi connectivity index (χ4v) is 2.96. The first-order valence-corrected chi connectivity index (χ1v) is 9.92. The Bertz CT molecular complexity index is 1070. The highest BCUT2D eigenvalue weighted by atomic mass is 16.6. The number of carbonyl (C=O) groups is 2. The van der Waals surface area contributed by atoms with Crippen molar-refractivity contribution in [2.45, 2.75) is 39.2 Å². The fourth-order valence-electron chi connectivity index (χ4n) is 2.96. The van der Waals surface area contributed by atoms with E-state index >= 15 is 0 Å². The molecule has 0 unspecified atom stereocenters. The molecule has 9 nitrogen and oxygen atoms in total. The molecule has 0 atom stereocenters. The molecule has 0 saturated carbocycles. The molecule has 1 heterocycles. The largest absolute Gasteiger partial charge is 0.444 e. The van der Waals surface area contributed by atoms with Gasteiger partial charge in [0.15, 0.2) is 5.82 Å². The number of benzene rings is 2. The smallest absolute Gasteiger partial charge is 0.412 e. The second kappa shape index (κ2) is 9.38. The lowest BCUT2D eigenvalue weighted by atomic mass is 10.1. The summed E-state index contributed by atoms with van der Waals surface area (Å²) in [5.41, 5.74) is 2.35. The summed E-state index contributed by atoms with van der Waals surface area (Å²) in [6.45, 7) is 5.41. The third-order valence-electron chi connectivity index (χ3n) is 4.30. The molecule has 162 valence electrons. The molecule has 31 heavy (non-hydrogen) atoms. The standard InChI is InChI=1S/C22H26N6O3/c1-22(2,3)31-21(30)24-18-11-6-5-8-15(18)12-13-19(29)23-17-10-7-9-16(14-17)20-25-26-27-28(20)4/h5-11,14H,12-13H2,1-4H3,(H,23,29)(H,24,30). The maximum absolute atomic E-state index is 12.5. The summed E-state index contributed by atoms with van der Waals surface area (Å²) in [7, 11) is 1.75. The Morgan fingerprint density at radius 2 is 1.84 bits per heavy atom. The fraction of sp³-hybridized carbons (Fsp3) is 0.318. The van der Waals surface area contributed by atoms with Crippen LogP contribution in [-0.4, -0.2) is 37.8 Å². The minimum atomic E-state index is -0.589. The van der Waals surface area contributed by atoms with Crippen LogP contribution in [0.4, 0.5) is 16.2 Å². The average molecular weight is 422 g/mol. The molecule has 0 bridgehead atoms. The zero-order valence-electron chi connectivity index (χ0n) is 18.0. The van der Waals surface area contributed by atoms with Gasteiger partial charge in [-0.25, -0.2) is 9.48 Å². The maximum Gasteiger partial charge on any atom is 0.412 e. The van der Waals surface area contributed by atoms with Gasteiger partial charge in [-0.05, 0) is 61.4 Å². The Balaban J connectivity index is 1.61. The number of rotatable bonds is 6. The van der Waals surface area contributed by atoms with Crippen LogP contribution in [0.3, 0.4) is 0 Å². The maximum atomic E-state index is 12.5. The number of nitrogens with zero attached hydrogens (tertiary/aromatic N) is 4. The zero-order chi connectivity index (χ0) is 22.4. The van der Waals surface area contributed by atoms with Crippen LogP contribution in [0.5, 0.6) is 0 Å². The van der Waals surface area contributed by atoms with Crippen LogP contribution in [0.1, 0.15) is 32.8 Å². The van der Waals surface area contributed by atoms with Crippen LogP contribution in [-0.2, 0) is 23.0 Å². The van der Waals surface area contributed by atoms with E-state index in [0.29, 0.717) is 23.6 Å². The molecule has 2 amide bonds. The van der Waals surface area contributed by atoms with E-state index in [9.17, 15) is 9.59 Å². The summed E-state index contributed by atoms with van der Waals surface area (Å²) in [5.74, 6) is 0.471. The minimum absolute atomic E-state index is 0.139. The van der Waals surface area contributed by atoms with Gasteiger partial charge in [0.25, 0.3) is 0 Å². The number of tetrazole rings is 1. The molecule has 0 fully saturated rings. The summed E-state index contributed by atoms with van der Waals surface area (Å²) in [4.78, 5) is 24.6. The molecular weight excluding hydrogens is 396 g/mol. The van der Waals surface area contributed by atoms with E-state index in [4.69, 9.17) is 4.74 Å². The Morgan fingerprint density at radius 1 is 1.06 bits per heavy atom. The number of carbonyl (C=O) groups excluding carboxylic acids is 2. The van der Waals surface area contributed by atoms with Crippen molar-refractivity contribution in [3.05, 3.63) is 54.1 Å². The Labute approximate surface area is 180 Å². The van der Waals surface area contributed by atoms with Crippen molar-refractivity contribution < 1.29 is 14.3 Å². The van der Waals surface area contributed by atoms with Gasteiger partial charge in [0.05, 0.1) is 0 Å². The highest BCUT2D eigenvalue weighted by Gasteiger charge is 2.17. The number of ether oxygens (including phenoxy) is 1. The van der Waals surface area contributed by atoms with Gasteiger partial charge in [-0.15, -0.1) is 5.10 Å². The second-order valence-electron chi connectivity index (χ2n) is 8.04. The van der Waals surface area contributed by atoms with E-state index in [1.807, 2.05) is 42.5 Å². The summed E-state index contributed by atoms with van der Waals surface area (Å²) in [6.07, 6.45) is 0.187. The number of aryl methyl sites for hydroxylation is 2. The van der Waals surface area contributed by atoms with E-state index in [-0.39, 0.29) is 12.3 Å². The zero-order valence-corrected chi connectivity index (χ0v) is 18.0. The first-order chi connectivity index (χ1) is 14.7. The summed E-state index contributed by atoms with van der Waals surface area (Å²) < 4.78 is 6.87. The molecule has 2 aromatic carbocycles. The Morgan fingerprint density at radius 3 is 2.55 bits per heavy atom. The molecule has 2 N–H and O–H groups in total. The van der Waals surface area contributed by atoms with Crippen molar-refractivity contribution in [2.75, 3.05) is 10.6 Å². The van der Waals surface area contributed by atoms with Crippen molar-refractivity contribution in [1.82, 2.24) is 20.2 Å². The number of hydrogen-bond acceptors (Lipinski definition) is 6. The van der Waals surface area contributed by atoms with Crippen molar-refractivity contribution >= 4 is 23.4 Å². The normalized spacial score (nSPS) is 11.1. The van der Waals surface area contributed by atoms with Gasteiger partial charge >= 0.3 is 6.09 Å².